The van der Waals surface area contributed by atoms with Crippen molar-refractivity contribution < 1.29 is 138 Å². The first-order valence-electron chi connectivity index (χ1n) is 10.3. The number of hydrogen-bond acceptors (Lipinski definition) is 8. The zero-order valence-electron chi connectivity index (χ0n) is 19.9. The molecule has 4 rings (SSSR count). The third-order valence-electron chi connectivity index (χ3n) is 9.12. The molecule has 0 spiro atoms. The molecule has 8 nitrogen and oxygen atoms in total. The molecule has 172 valence electrons. The minimum absolute atomic E-state index is 0. The van der Waals surface area contributed by atoms with E-state index in [1.54, 1.807) is 0 Å². The van der Waals surface area contributed by atoms with E-state index in [2.05, 4.69) is 0 Å². The molecule has 4 saturated carbocycles. The molecular formula is C20H30K2O8S2. The van der Waals surface area contributed by atoms with E-state index >= 15 is 0 Å². The summed E-state index contributed by atoms with van der Waals surface area (Å²) >= 11 is 0. The Hall–Kier alpha value is 2.43. The number of hydrogen-bond donors (Lipinski definition) is 0. The van der Waals surface area contributed by atoms with Crippen LogP contribution < -0.4 is 103 Å². The van der Waals surface area contributed by atoms with Crippen LogP contribution in [0.25, 0.3) is 0 Å². The summed E-state index contributed by atoms with van der Waals surface area (Å²) in [6.45, 7) is 7.67. The Morgan fingerprint density at radius 1 is 0.719 bits per heavy atom. The maximum atomic E-state index is 11.8. The zero-order valence-corrected chi connectivity index (χ0v) is 27.8. The van der Waals surface area contributed by atoms with Gasteiger partial charge in [-0.2, -0.15) is 0 Å². The third kappa shape index (κ3) is 5.49. The molecule has 0 aromatic carbocycles. The number of fused-ring (bicyclic) bond motifs is 4. The average molecular weight is 541 g/mol. The first-order valence-corrected chi connectivity index (χ1v) is 13.5. The first-order chi connectivity index (χ1) is 13.4. The molecule has 0 radical (unpaired) electrons. The van der Waals surface area contributed by atoms with Gasteiger partial charge in [-0.3, -0.25) is 9.59 Å². The molecule has 0 aromatic heterocycles. The Morgan fingerprint density at radius 2 is 1.00 bits per heavy atom. The van der Waals surface area contributed by atoms with Crippen LogP contribution in [-0.4, -0.2) is 49.0 Å². The minimum Gasteiger partial charge on any atom is -0.748 e. The standard InChI is InChI=1S/2C10H16O4S.2K/c2*1-9(2)7-3-4-10(9,8(11)5-7)6-15(12,13)14;;/h2*7H,3-6H2,1-2H3,(H,12,13,14);;/q;;2*+1/p-2. The smallest absolute Gasteiger partial charge is 0.748 e. The van der Waals surface area contributed by atoms with Gasteiger partial charge in [-0.15, -0.1) is 0 Å². The van der Waals surface area contributed by atoms with Crippen LogP contribution in [0.3, 0.4) is 0 Å². The second-order valence-corrected chi connectivity index (χ2v) is 13.5. The van der Waals surface area contributed by atoms with Crippen molar-refractivity contribution in [2.24, 2.45) is 33.5 Å². The van der Waals surface area contributed by atoms with Gasteiger partial charge in [-0.25, -0.2) is 16.8 Å². The molecule has 32 heavy (non-hydrogen) atoms. The molecule has 4 aliphatic rings. The zero-order chi connectivity index (χ0) is 23.0. The first kappa shape index (κ1) is 32.5. The Kier molecular flexibility index (Phi) is 10.4. The van der Waals surface area contributed by atoms with E-state index in [-0.39, 0.29) is 137 Å². The van der Waals surface area contributed by atoms with Crippen LogP contribution in [0.2, 0.25) is 0 Å². The Balaban J connectivity index is 0.000000301. The van der Waals surface area contributed by atoms with E-state index < -0.39 is 42.6 Å². The maximum absolute atomic E-state index is 11.8. The third-order valence-corrected chi connectivity index (χ3v) is 10.8. The molecule has 0 amide bonds. The molecule has 4 bridgehead atoms. The SMILES string of the molecule is CC1(C)C2CCC1(CS(=O)(=O)[O-])C(=O)C2.CC1(C)C2CCC1(CS(=O)(=O)[O-])C(=O)C2.[K+].[K+]. The Labute approximate surface area is 276 Å². The van der Waals surface area contributed by atoms with Gasteiger partial charge in [0.2, 0.25) is 0 Å². The number of carbonyl (C=O) groups is 2. The molecule has 0 heterocycles. The predicted octanol–water partition coefficient (Wildman–Crippen LogP) is -4.14. The Bertz CT molecular complexity index is 909. The van der Waals surface area contributed by atoms with Crippen molar-refractivity contribution in [2.45, 2.75) is 66.2 Å². The molecule has 4 aliphatic carbocycles. The fraction of sp³-hybridized carbons (Fsp3) is 0.900. The number of Topliss-reactive ketones (excluding diaryl/α,β-unsaturated/α-hetero) is 2. The van der Waals surface area contributed by atoms with Gasteiger partial charge in [0, 0.05) is 23.7 Å². The van der Waals surface area contributed by atoms with Crippen LogP contribution in [0.4, 0.5) is 0 Å². The quantitative estimate of drug-likeness (QED) is 0.258. The van der Waals surface area contributed by atoms with Crippen molar-refractivity contribution in [1.29, 1.82) is 0 Å². The second-order valence-electron chi connectivity index (χ2n) is 10.7. The van der Waals surface area contributed by atoms with Gasteiger partial charge in [0.1, 0.15) is 11.6 Å². The van der Waals surface area contributed by atoms with E-state index in [4.69, 9.17) is 0 Å². The van der Waals surface area contributed by atoms with E-state index in [1.165, 1.54) is 0 Å². The summed E-state index contributed by atoms with van der Waals surface area (Å²) in [6.07, 6.45) is 3.75. The van der Waals surface area contributed by atoms with Crippen LogP contribution in [0.5, 0.6) is 0 Å². The van der Waals surface area contributed by atoms with Crippen LogP contribution in [0, 0.1) is 33.5 Å². The summed E-state index contributed by atoms with van der Waals surface area (Å²) in [6, 6.07) is 0. The van der Waals surface area contributed by atoms with E-state index in [9.17, 15) is 35.5 Å². The average Bonchev–Trinajstić information content (AvgIpc) is 3.05. The van der Waals surface area contributed by atoms with Gasteiger partial charge < -0.3 is 9.11 Å². The van der Waals surface area contributed by atoms with Crippen LogP contribution >= 0.6 is 0 Å². The van der Waals surface area contributed by atoms with Crippen molar-refractivity contribution in [2.75, 3.05) is 11.5 Å². The molecule has 12 heteroatoms. The Morgan fingerprint density at radius 3 is 1.16 bits per heavy atom. The van der Waals surface area contributed by atoms with Crippen LogP contribution in [-0.2, 0) is 29.8 Å². The summed E-state index contributed by atoms with van der Waals surface area (Å²) in [5.74, 6) is -0.560. The fourth-order valence-corrected chi connectivity index (χ4v) is 9.38. The van der Waals surface area contributed by atoms with E-state index in [1.807, 2.05) is 27.7 Å². The predicted molar refractivity (Wildman–Crippen MR) is 106 cm³/mol. The van der Waals surface area contributed by atoms with Gasteiger partial charge in [-0.05, 0) is 48.3 Å². The summed E-state index contributed by atoms with van der Waals surface area (Å²) in [4.78, 5) is 23.7. The number of rotatable bonds is 4. The van der Waals surface area contributed by atoms with Crippen molar-refractivity contribution in [1.82, 2.24) is 0 Å². The minimum atomic E-state index is -4.33. The molecular weight excluding hydrogens is 511 g/mol. The molecule has 4 unspecified atom stereocenters. The molecule has 4 atom stereocenters. The summed E-state index contributed by atoms with van der Waals surface area (Å²) in [5, 5.41) is 0. The molecule has 0 aliphatic heterocycles. The number of ketones is 2. The van der Waals surface area contributed by atoms with Crippen molar-refractivity contribution >= 4 is 31.8 Å². The van der Waals surface area contributed by atoms with Crippen molar-refractivity contribution in [3.63, 3.8) is 0 Å². The second kappa shape index (κ2) is 10.3. The largest absolute Gasteiger partial charge is 1.00 e. The summed E-state index contributed by atoms with van der Waals surface area (Å²) < 4.78 is 65.4. The van der Waals surface area contributed by atoms with Gasteiger partial charge in [-0.1, -0.05) is 27.7 Å². The molecule has 0 saturated heterocycles. The van der Waals surface area contributed by atoms with E-state index in [0.717, 1.165) is 12.8 Å². The number of carbonyl (C=O) groups excluding carboxylic acids is 2. The topological polar surface area (TPSA) is 149 Å². The van der Waals surface area contributed by atoms with Crippen molar-refractivity contribution in [3.8, 4) is 0 Å². The van der Waals surface area contributed by atoms with Gasteiger partial charge >= 0.3 is 103 Å². The van der Waals surface area contributed by atoms with Gasteiger partial charge in [0.15, 0.2) is 0 Å². The molecule has 0 N–H and O–H groups in total. The van der Waals surface area contributed by atoms with Gasteiger partial charge in [0.25, 0.3) is 0 Å². The molecule has 4 fully saturated rings. The maximum Gasteiger partial charge on any atom is 1.00 e. The van der Waals surface area contributed by atoms with Crippen LogP contribution in [0.15, 0.2) is 0 Å². The summed E-state index contributed by atoms with van der Waals surface area (Å²) in [5.41, 5.74) is -2.44. The normalized spacial score (nSPS) is 36.2. The van der Waals surface area contributed by atoms with Gasteiger partial charge in [0.05, 0.1) is 31.7 Å². The van der Waals surface area contributed by atoms with E-state index in [0.29, 0.717) is 25.7 Å². The van der Waals surface area contributed by atoms with Crippen molar-refractivity contribution in [3.05, 3.63) is 0 Å². The molecule has 0 aromatic rings. The summed E-state index contributed by atoms with van der Waals surface area (Å²) in [7, 11) is -8.65. The fourth-order valence-electron chi connectivity index (χ4n) is 6.82. The van der Waals surface area contributed by atoms with Crippen LogP contribution in [0.1, 0.15) is 66.2 Å². The monoisotopic (exact) mass is 540 g/mol.